The smallest absolute Gasteiger partial charge is 0.303 e. The van der Waals surface area contributed by atoms with Gasteiger partial charge in [-0.15, -0.1) is 0 Å². The van der Waals surface area contributed by atoms with Gasteiger partial charge in [0.15, 0.2) is 0 Å². The number of halogens is 3. The maximum Gasteiger partial charge on any atom is 0.303 e. The second-order valence-electron chi connectivity index (χ2n) is 12.9. The van der Waals surface area contributed by atoms with Gasteiger partial charge in [-0.1, -0.05) is 53.1 Å². The number of carbonyl (C=O) groups excluding carboxylic acids is 4. The molecule has 252 valence electrons. The second kappa shape index (κ2) is 12.3. The first-order chi connectivity index (χ1) is 23.4. The van der Waals surface area contributed by atoms with Gasteiger partial charge in [0, 0.05) is 28.9 Å². The highest BCUT2D eigenvalue weighted by Gasteiger charge is 2.70. The fourth-order valence-corrected chi connectivity index (χ4v) is 8.83. The van der Waals surface area contributed by atoms with E-state index >= 15 is 4.79 Å². The zero-order valence-electron chi connectivity index (χ0n) is 25.8. The van der Waals surface area contributed by atoms with E-state index in [2.05, 4.69) is 5.43 Å². The summed E-state index contributed by atoms with van der Waals surface area (Å²) in [4.78, 5) is 69.6. The number of fused-ring (bicyclic) bond motifs is 4. The number of benzene rings is 3. The summed E-state index contributed by atoms with van der Waals surface area (Å²) in [5.41, 5.74) is 3.13. The molecule has 0 bridgehead atoms. The van der Waals surface area contributed by atoms with Crippen molar-refractivity contribution in [3.63, 3.8) is 0 Å². The van der Waals surface area contributed by atoms with Gasteiger partial charge in [0.25, 0.3) is 11.8 Å². The maximum absolute atomic E-state index is 15.1. The topological polar surface area (TPSA) is 144 Å². The molecule has 0 radical (unpaired) electrons. The number of aromatic hydroxyl groups is 1. The van der Waals surface area contributed by atoms with Gasteiger partial charge in [0.1, 0.15) is 11.6 Å². The third-order valence-corrected chi connectivity index (χ3v) is 11.0. The van der Waals surface area contributed by atoms with Gasteiger partial charge >= 0.3 is 5.97 Å². The zero-order valence-corrected chi connectivity index (χ0v) is 27.3. The molecule has 13 heteroatoms. The summed E-state index contributed by atoms with van der Waals surface area (Å²) >= 11 is 13.1. The van der Waals surface area contributed by atoms with Crippen molar-refractivity contribution in [2.45, 2.75) is 37.0 Å². The predicted octanol–water partition coefficient (Wildman–Crippen LogP) is 5.69. The summed E-state index contributed by atoms with van der Waals surface area (Å²) in [7, 11) is 0. The van der Waals surface area contributed by atoms with Crippen molar-refractivity contribution in [1.29, 1.82) is 0 Å². The molecule has 7 rings (SSSR count). The fraction of sp³-hybridized carbons (Fsp3) is 0.306. The number of anilines is 1. The number of rotatable bonds is 8. The summed E-state index contributed by atoms with van der Waals surface area (Å²) in [6.45, 7) is -0.0445. The van der Waals surface area contributed by atoms with Crippen LogP contribution in [0.15, 0.2) is 78.4 Å². The lowest BCUT2D eigenvalue weighted by Gasteiger charge is -2.50. The molecule has 3 fully saturated rings. The number of allylic oxidation sites excluding steroid dienone is 2. The number of carboxylic acids is 1. The van der Waals surface area contributed by atoms with Crippen LogP contribution >= 0.6 is 23.2 Å². The van der Waals surface area contributed by atoms with Gasteiger partial charge in [-0.25, -0.2) is 4.39 Å². The van der Waals surface area contributed by atoms with E-state index in [0.717, 1.165) is 9.91 Å². The summed E-state index contributed by atoms with van der Waals surface area (Å²) < 4.78 is 13.8. The molecule has 0 spiro atoms. The lowest BCUT2D eigenvalue weighted by Crippen LogP contribution is -2.53. The molecule has 6 atom stereocenters. The Morgan fingerprint density at radius 1 is 0.939 bits per heavy atom. The summed E-state index contributed by atoms with van der Waals surface area (Å²) in [6.07, 6.45) is 1.98. The molecule has 4 amide bonds. The standard InChI is InChI=1S/C36H30Cl2FN3O7/c37-19-5-3-18(4-6-19)36-27(33(47)42(35(36)49)40-21-9-7-20(39)8-10-21)17-26-23(31(36)24-12-11-22(43)16-28(24)38)13-14-25-30(26)34(48)41(32(25)46)15-1-2-29(44)45/h3-13,16,25-27,30-31,40,43H,1-2,14-15,17H2,(H,44,45)/t25-,26+,27-,30-,31+,36+/m0/s1. The third-order valence-electron chi connectivity index (χ3n) is 10.4. The van der Waals surface area contributed by atoms with Crippen LogP contribution in [0.25, 0.3) is 0 Å². The van der Waals surface area contributed by atoms with Gasteiger partial charge in [-0.2, -0.15) is 5.01 Å². The Bertz CT molecular complexity index is 1940. The quantitative estimate of drug-likeness (QED) is 0.200. The van der Waals surface area contributed by atoms with Gasteiger partial charge in [0.2, 0.25) is 11.8 Å². The van der Waals surface area contributed by atoms with Crippen molar-refractivity contribution >= 4 is 58.5 Å². The Hall–Kier alpha value is -4.74. The molecular weight excluding hydrogens is 676 g/mol. The average Bonchev–Trinajstić information content (AvgIpc) is 3.43. The Morgan fingerprint density at radius 3 is 2.33 bits per heavy atom. The van der Waals surface area contributed by atoms with Gasteiger partial charge < -0.3 is 10.2 Å². The molecule has 10 nitrogen and oxygen atoms in total. The highest BCUT2D eigenvalue weighted by atomic mass is 35.5. The minimum atomic E-state index is -1.61. The number of phenolic OH excluding ortho intramolecular Hbond substituents is 1. The second-order valence-corrected chi connectivity index (χ2v) is 13.7. The largest absolute Gasteiger partial charge is 0.508 e. The molecule has 3 aromatic rings. The third kappa shape index (κ3) is 5.18. The minimum Gasteiger partial charge on any atom is -0.508 e. The molecular formula is C36H30Cl2FN3O7. The minimum absolute atomic E-state index is 0.0377. The van der Waals surface area contributed by atoms with Crippen LogP contribution in [-0.2, 0) is 29.4 Å². The lowest BCUT2D eigenvalue weighted by molar-refractivity contribution is -0.142. The molecule has 49 heavy (non-hydrogen) atoms. The van der Waals surface area contributed by atoms with Gasteiger partial charge in [-0.3, -0.25) is 34.3 Å². The molecule has 2 saturated heterocycles. The van der Waals surface area contributed by atoms with Crippen LogP contribution < -0.4 is 5.43 Å². The average molecular weight is 707 g/mol. The van der Waals surface area contributed by atoms with Crippen molar-refractivity contribution in [3.8, 4) is 5.75 Å². The molecule has 2 aliphatic carbocycles. The van der Waals surface area contributed by atoms with E-state index in [1.807, 2.05) is 6.08 Å². The van der Waals surface area contributed by atoms with Crippen LogP contribution in [0.4, 0.5) is 10.1 Å². The number of hydrazine groups is 1. The zero-order chi connectivity index (χ0) is 34.8. The highest BCUT2D eigenvalue weighted by Crippen LogP contribution is 2.64. The fourth-order valence-electron chi connectivity index (χ4n) is 8.42. The monoisotopic (exact) mass is 705 g/mol. The van der Waals surface area contributed by atoms with Crippen LogP contribution in [-0.4, -0.2) is 56.3 Å². The number of nitrogens with one attached hydrogen (secondary N) is 1. The molecule has 0 aromatic heterocycles. The van der Waals surface area contributed by atoms with Crippen molar-refractivity contribution in [2.24, 2.45) is 23.7 Å². The van der Waals surface area contributed by atoms with E-state index in [1.54, 1.807) is 30.3 Å². The summed E-state index contributed by atoms with van der Waals surface area (Å²) in [5, 5.41) is 20.9. The Kier molecular flexibility index (Phi) is 8.23. The number of carbonyl (C=O) groups is 5. The van der Waals surface area contributed by atoms with Crippen LogP contribution in [0.1, 0.15) is 42.7 Å². The van der Waals surface area contributed by atoms with E-state index in [9.17, 15) is 28.7 Å². The van der Waals surface area contributed by atoms with E-state index in [4.69, 9.17) is 28.3 Å². The van der Waals surface area contributed by atoms with Crippen LogP contribution in [0.2, 0.25) is 10.0 Å². The maximum atomic E-state index is 15.1. The number of hydrogen-bond donors (Lipinski definition) is 3. The van der Waals surface area contributed by atoms with E-state index in [-0.39, 0.29) is 48.7 Å². The first-order valence-corrected chi connectivity index (χ1v) is 16.6. The number of hydrogen-bond acceptors (Lipinski definition) is 7. The van der Waals surface area contributed by atoms with E-state index in [0.29, 0.717) is 21.7 Å². The molecule has 3 N–H and O–H groups in total. The number of carboxylic acid groups (broad SMARTS) is 1. The number of amides is 4. The van der Waals surface area contributed by atoms with Crippen molar-refractivity contribution in [1.82, 2.24) is 9.91 Å². The molecule has 2 aliphatic heterocycles. The molecule has 3 aromatic carbocycles. The van der Waals surface area contributed by atoms with Crippen molar-refractivity contribution < 1.29 is 38.6 Å². The number of nitrogens with zero attached hydrogens (tertiary/aromatic N) is 2. The molecule has 2 heterocycles. The van der Waals surface area contributed by atoms with Crippen molar-refractivity contribution in [2.75, 3.05) is 12.0 Å². The van der Waals surface area contributed by atoms with E-state index < -0.39 is 70.4 Å². The van der Waals surface area contributed by atoms with Crippen LogP contribution in [0.3, 0.4) is 0 Å². The number of phenols is 1. The number of imide groups is 2. The first kappa shape index (κ1) is 32.8. The normalized spacial score (nSPS) is 27.5. The summed E-state index contributed by atoms with van der Waals surface area (Å²) in [6, 6.07) is 16.2. The van der Waals surface area contributed by atoms with Gasteiger partial charge in [0.05, 0.1) is 28.9 Å². The Labute approximate surface area is 290 Å². The number of aliphatic carboxylic acids is 1. The summed E-state index contributed by atoms with van der Waals surface area (Å²) in [5.74, 6) is -7.87. The van der Waals surface area contributed by atoms with Crippen molar-refractivity contribution in [3.05, 3.63) is 105 Å². The first-order valence-electron chi connectivity index (χ1n) is 15.9. The molecule has 0 unspecified atom stereocenters. The van der Waals surface area contributed by atoms with E-state index in [1.165, 1.54) is 36.4 Å². The highest BCUT2D eigenvalue weighted by molar-refractivity contribution is 6.32. The SMILES string of the molecule is O=C(O)CCCN1C(=O)[C@H]2[C@H](CC=C3[C@H]2C[C@H]2C(=O)N(Nc4ccc(F)cc4)C(=O)[C@@]2(c2ccc(Cl)cc2)[C@H]3c2ccc(O)cc2Cl)C1=O. The molecule has 4 aliphatic rings. The molecule has 1 saturated carbocycles. The van der Waals surface area contributed by atoms with Crippen LogP contribution in [0.5, 0.6) is 5.75 Å². The Morgan fingerprint density at radius 2 is 1.65 bits per heavy atom. The number of likely N-dealkylation sites (tertiary alicyclic amines) is 1. The Balaban J connectivity index is 1.41. The van der Waals surface area contributed by atoms with Crippen LogP contribution in [0, 0.1) is 29.5 Å². The lowest BCUT2D eigenvalue weighted by atomic mass is 9.49. The predicted molar refractivity (Wildman–Crippen MR) is 176 cm³/mol. The van der Waals surface area contributed by atoms with Gasteiger partial charge in [-0.05, 0) is 84.8 Å².